The summed E-state index contributed by atoms with van der Waals surface area (Å²) in [6, 6.07) is 9.76. The normalized spacial score (nSPS) is 24.7. The SMILES string of the molecule is CS(=O)(=O)N1C[C@H](S)C[C@H]1COCc1ccccc1. The lowest BCUT2D eigenvalue weighted by Crippen LogP contribution is -2.37. The molecule has 19 heavy (non-hydrogen) atoms. The van der Waals surface area contributed by atoms with Crippen LogP contribution >= 0.6 is 12.6 Å². The minimum atomic E-state index is -3.18. The summed E-state index contributed by atoms with van der Waals surface area (Å²) < 4.78 is 30.5. The first-order valence-electron chi connectivity index (χ1n) is 6.23. The van der Waals surface area contributed by atoms with Crippen LogP contribution in [0.15, 0.2) is 30.3 Å². The van der Waals surface area contributed by atoms with Crippen molar-refractivity contribution in [3.63, 3.8) is 0 Å². The third-order valence-corrected chi connectivity index (χ3v) is 4.86. The van der Waals surface area contributed by atoms with Crippen molar-refractivity contribution in [2.24, 2.45) is 0 Å². The van der Waals surface area contributed by atoms with Gasteiger partial charge in [-0.25, -0.2) is 8.42 Å². The van der Waals surface area contributed by atoms with Gasteiger partial charge in [0.15, 0.2) is 0 Å². The maximum atomic E-state index is 11.7. The Labute approximate surface area is 120 Å². The number of hydrogen-bond donors (Lipinski definition) is 1. The lowest BCUT2D eigenvalue weighted by atomic mass is 10.2. The summed E-state index contributed by atoms with van der Waals surface area (Å²) in [5.74, 6) is 0. The summed E-state index contributed by atoms with van der Waals surface area (Å²) in [7, 11) is -3.18. The smallest absolute Gasteiger partial charge is 0.211 e. The van der Waals surface area contributed by atoms with Gasteiger partial charge in [-0.3, -0.25) is 0 Å². The Morgan fingerprint density at radius 2 is 2.05 bits per heavy atom. The van der Waals surface area contributed by atoms with Crippen molar-refractivity contribution < 1.29 is 13.2 Å². The molecular weight excluding hydrogens is 282 g/mol. The van der Waals surface area contributed by atoms with E-state index < -0.39 is 10.0 Å². The van der Waals surface area contributed by atoms with Crippen LogP contribution in [0, 0.1) is 0 Å². The van der Waals surface area contributed by atoms with E-state index in [9.17, 15) is 8.42 Å². The lowest BCUT2D eigenvalue weighted by molar-refractivity contribution is 0.0875. The summed E-state index contributed by atoms with van der Waals surface area (Å²) >= 11 is 4.37. The Balaban J connectivity index is 1.88. The van der Waals surface area contributed by atoms with Gasteiger partial charge in [-0.2, -0.15) is 16.9 Å². The van der Waals surface area contributed by atoms with Crippen LogP contribution in [-0.2, 0) is 21.4 Å². The molecule has 1 fully saturated rings. The molecule has 2 rings (SSSR count). The third-order valence-electron chi connectivity index (χ3n) is 3.19. The van der Waals surface area contributed by atoms with Crippen molar-refractivity contribution >= 4 is 22.7 Å². The second kappa shape index (κ2) is 6.26. The summed E-state index contributed by atoms with van der Waals surface area (Å²) in [5, 5.41) is 0.0973. The predicted molar refractivity (Wildman–Crippen MR) is 78.8 cm³/mol. The molecule has 1 saturated heterocycles. The topological polar surface area (TPSA) is 46.6 Å². The van der Waals surface area contributed by atoms with E-state index in [-0.39, 0.29) is 11.3 Å². The van der Waals surface area contributed by atoms with Gasteiger partial charge in [0.1, 0.15) is 0 Å². The van der Waals surface area contributed by atoms with E-state index in [0.717, 1.165) is 12.0 Å². The monoisotopic (exact) mass is 301 g/mol. The van der Waals surface area contributed by atoms with Crippen molar-refractivity contribution in [3.05, 3.63) is 35.9 Å². The molecule has 6 heteroatoms. The minimum absolute atomic E-state index is 0.0961. The minimum Gasteiger partial charge on any atom is -0.375 e. The highest BCUT2D eigenvalue weighted by Gasteiger charge is 2.35. The van der Waals surface area contributed by atoms with Gasteiger partial charge in [0.2, 0.25) is 10.0 Å². The molecule has 0 N–H and O–H groups in total. The summed E-state index contributed by atoms with van der Waals surface area (Å²) in [5.41, 5.74) is 1.09. The van der Waals surface area contributed by atoms with Crippen molar-refractivity contribution in [3.8, 4) is 0 Å². The predicted octanol–water partition coefficient (Wildman–Crippen LogP) is 1.54. The molecule has 1 aliphatic rings. The second-order valence-corrected chi connectivity index (χ2v) is 7.54. The Kier molecular flexibility index (Phi) is 4.89. The first kappa shape index (κ1) is 14.8. The molecule has 4 nitrogen and oxygen atoms in total. The van der Waals surface area contributed by atoms with Gasteiger partial charge >= 0.3 is 0 Å². The third kappa shape index (κ3) is 4.21. The van der Waals surface area contributed by atoms with Crippen molar-refractivity contribution in [1.29, 1.82) is 0 Å². The van der Waals surface area contributed by atoms with Gasteiger partial charge in [-0.05, 0) is 12.0 Å². The number of benzene rings is 1. The van der Waals surface area contributed by atoms with Crippen LogP contribution in [0.4, 0.5) is 0 Å². The lowest BCUT2D eigenvalue weighted by Gasteiger charge is -2.21. The Hall–Kier alpha value is -0.560. The first-order valence-corrected chi connectivity index (χ1v) is 8.60. The molecule has 0 aromatic heterocycles. The largest absolute Gasteiger partial charge is 0.375 e. The van der Waals surface area contributed by atoms with E-state index in [4.69, 9.17) is 4.74 Å². The van der Waals surface area contributed by atoms with Crippen molar-refractivity contribution in [1.82, 2.24) is 4.31 Å². The fourth-order valence-electron chi connectivity index (χ4n) is 2.31. The molecule has 0 aliphatic carbocycles. The first-order chi connectivity index (χ1) is 8.97. The summed E-state index contributed by atoms with van der Waals surface area (Å²) in [4.78, 5) is 0. The highest BCUT2D eigenvalue weighted by atomic mass is 32.2. The molecule has 1 aromatic rings. The zero-order valence-electron chi connectivity index (χ0n) is 10.9. The fraction of sp³-hybridized carbons (Fsp3) is 0.538. The molecule has 1 aromatic carbocycles. The van der Waals surface area contributed by atoms with Crippen LogP contribution in [0.25, 0.3) is 0 Å². The van der Waals surface area contributed by atoms with E-state index in [1.165, 1.54) is 10.6 Å². The van der Waals surface area contributed by atoms with E-state index in [1.807, 2.05) is 30.3 Å². The van der Waals surface area contributed by atoms with Crippen LogP contribution in [0.2, 0.25) is 0 Å². The Morgan fingerprint density at radius 3 is 2.68 bits per heavy atom. The molecule has 0 spiro atoms. The quantitative estimate of drug-likeness (QED) is 0.839. The average molecular weight is 301 g/mol. The van der Waals surface area contributed by atoms with Crippen LogP contribution in [-0.4, -0.2) is 43.4 Å². The molecule has 2 atom stereocenters. The summed E-state index contributed by atoms with van der Waals surface area (Å²) in [6.45, 7) is 1.40. The number of nitrogens with zero attached hydrogens (tertiary/aromatic N) is 1. The second-order valence-electron chi connectivity index (χ2n) is 4.88. The van der Waals surface area contributed by atoms with Gasteiger partial charge in [0, 0.05) is 17.8 Å². The van der Waals surface area contributed by atoms with Crippen LogP contribution in [0.5, 0.6) is 0 Å². The van der Waals surface area contributed by atoms with E-state index in [2.05, 4.69) is 12.6 Å². The van der Waals surface area contributed by atoms with E-state index in [0.29, 0.717) is 19.8 Å². The van der Waals surface area contributed by atoms with Gasteiger partial charge in [-0.1, -0.05) is 30.3 Å². The molecule has 0 radical (unpaired) electrons. The standard InChI is InChI=1S/C13H19NO3S2/c1-19(15,16)14-8-13(18)7-12(14)10-17-9-11-5-3-2-4-6-11/h2-6,12-13,18H,7-10H2,1H3/t12-,13+/m0/s1. The summed E-state index contributed by atoms with van der Waals surface area (Å²) in [6.07, 6.45) is 1.98. The highest BCUT2D eigenvalue weighted by molar-refractivity contribution is 7.88. The van der Waals surface area contributed by atoms with Crippen molar-refractivity contribution in [2.75, 3.05) is 19.4 Å². The van der Waals surface area contributed by atoms with E-state index in [1.54, 1.807) is 0 Å². The number of sulfonamides is 1. The maximum absolute atomic E-state index is 11.7. The van der Waals surface area contributed by atoms with Crippen molar-refractivity contribution in [2.45, 2.75) is 24.3 Å². The number of ether oxygens (including phenoxy) is 1. The van der Waals surface area contributed by atoms with E-state index >= 15 is 0 Å². The van der Waals surface area contributed by atoms with Crippen LogP contribution < -0.4 is 0 Å². The Morgan fingerprint density at radius 1 is 1.37 bits per heavy atom. The molecule has 0 bridgehead atoms. The zero-order chi connectivity index (χ0) is 13.9. The zero-order valence-corrected chi connectivity index (χ0v) is 12.6. The number of hydrogen-bond acceptors (Lipinski definition) is 4. The van der Waals surface area contributed by atoms with Gasteiger partial charge in [0.25, 0.3) is 0 Å². The van der Waals surface area contributed by atoms with Gasteiger partial charge in [0.05, 0.1) is 19.5 Å². The fourth-order valence-corrected chi connectivity index (χ4v) is 3.98. The molecule has 106 valence electrons. The van der Waals surface area contributed by atoms with Crippen LogP contribution in [0.1, 0.15) is 12.0 Å². The van der Waals surface area contributed by atoms with Gasteiger partial charge in [-0.15, -0.1) is 0 Å². The van der Waals surface area contributed by atoms with Crippen LogP contribution in [0.3, 0.4) is 0 Å². The molecule has 0 saturated carbocycles. The molecule has 1 aliphatic heterocycles. The number of rotatable bonds is 5. The van der Waals surface area contributed by atoms with Gasteiger partial charge < -0.3 is 4.74 Å². The maximum Gasteiger partial charge on any atom is 0.211 e. The Bertz CT molecular complexity index is 504. The molecular formula is C13H19NO3S2. The average Bonchev–Trinajstić information content (AvgIpc) is 2.72. The number of thiol groups is 1. The molecule has 1 heterocycles. The highest BCUT2D eigenvalue weighted by Crippen LogP contribution is 2.24. The molecule has 0 amide bonds. The molecule has 0 unspecified atom stereocenters.